The third kappa shape index (κ3) is 4.74. The van der Waals surface area contributed by atoms with Crippen LogP contribution in [0.1, 0.15) is 70.9 Å². The SMILES string of the molecule is C=C1N=C(N(CC(C)C)[C@@H](C)CC)c2cc(C3CCC3C)c(-c3c(O)cccc3F)c3c2N1[C@H](Cn1cccn1)CO3. The van der Waals surface area contributed by atoms with E-state index < -0.39 is 5.82 Å². The summed E-state index contributed by atoms with van der Waals surface area (Å²) in [5.74, 6) is 2.66. The summed E-state index contributed by atoms with van der Waals surface area (Å²) in [6, 6.07) is 8.77. The first-order valence-electron chi connectivity index (χ1n) is 15.3. The van der Waals surface area contributed by atoms with Gasteiger partial charge in [-0.15, -0.1) is 0 Å². The van der Waals surface area contributed by atoms with E-state index in [4.69, 9.17) is 9.73 Å². The number of aromatic nitrogens is 2. The third-order valence-corrected chi connectivity index (χ3v) is 9.24. The van der Waals surface area contributed by atoms with E-state index in [1.54, 1.807) is 18.3 Å². The predicted molar refractivity (Wildman–Crippen MR) is 166 cm³/mol. The highest BCUT2D eigenvalue weighted by Gasteiger charge is 2.43. The largest absolute Gasteiger partial charge is 0.507 e. The minimum absolute atomic E-state index is 0.0854. The van der Waals surface area contributed by atoms with Crippen molar-refractivity contribution in [2.24, 2.45) is 16.8 Å². The smallest absolute Gasteiger partial charge is 0.152 e. The van der Waals surface area contributed by atoms with Crippen LogP contribution in [0.15, 0.2) is 60.1 Å². The van der Waals surface area contributed by atoms with Crippen molar-refractivity contribution in [2.75, 3.05) is 18.1 Å². The Morgan fingerprint density at radius 1 is 1.19 bits per heavy atom. The fourth-order valence-corrected chi connectivity index (χ4v) is 6.74. The van der Waals surface area contributed by atoms with E-state index in [2.05, 4.69) is 62.2 Å². The van der Waals surface area contributed by atoms with E-state index in [0.717, 1.165) is 48.5 Å². The molecule has 8 heteroatoms. The molecule has 1 N–H and O–H groups in total. The Bertz CT molecular complexity index is 1490. The molecule has 0 spiro atoms. The third-order valence-electron chi connectivity index (χ3n) is 9.24. The number of aliphatic imine (C=N–C) groups is 1. The molecule has 3 aromatic rings. The van der Waals surface area contributed by atoms with E-state index in [9.17, 15) is 5.11 Å². The molecular formula is C34H42FN5O2. The van der Waals surface area contributed by atoms with Crippen molar-refractivity contribution in [1.82, 2.24) is 14.7 Å². The van der Waals surface area contributed by atoms with Crippen molar-refractivity contribution in [3.8, 4) is 22.6 Å². The van der Waals surface area contributed by atoms with Crippen molar-refractivity contribution in [3.05, 3.63) is 72.1 Å². The highest BCUT2D eigenvalue weighted by Crippen LogP contribution is 2.56. The second kappa shape index (κ2) is 11.1. The molecule has 222 valence electrons. The number of amidine groups is 1. The summed E-state index contributed by atoms with van der Waals surface area (Å²) < 4.78 is 24.3. The Hall–Kier alpha value is -3.81. The maximum Gasteiger partial charge on any atom is 0.152 e. The van der Waals surface area contributed by atoms with Crippen LogP contribution in [-0.4, -0.2) is 50.9 Å². The Kier molecular flexibility index (Phi) is 7.50. The summed E-state index contributed by atoms with van der Waals surface area (Å²) in [4.78, 5) is 9.77. The van der Waals surface area contributed by atoms with Gasteiger partial charge in [0.05, 0.1) is 23.8 Å². The first-order valence-corrected chi connectivity index (χ1v) is 15.3. The Balaban J connectivity index is 1.63. The topological polar surface area (TPSA) is 66.1 Å². The van der Waals surface area contributed by atoms with Gasteiger partial charge in [0.15, 0.2) is 5.75 Å². The van der Waals surface area contributed by atoms with E-state index in [1.165, 1.54) is 6.07 Å². The molecule has 6 rings (SSSR count). The van der Waals surface area contributed by atoms with Crippen molar-refractivity contribution < 1.29 is 14.2 Å². The van der Waals surface area contributed by atoms with Crippen LogP contribution >= 0.6 is 0 Å². The fourth-order valence-electron chi connectivity index (χ4n) is 6.74. The van der Waals surface area contributed by atoms with Gasteiger partial charge in [-0.3, -0.25) is 4.68 Å². The first-order chi connectivity index (χ1) is 20.2. The molecule has 1 saturated carbocycles. The summed E-state index contributed by atoms with van der Waals surface area (Å²) in [6.07, 6.45) is 6.80. The van der Waals surface area contributed by atoms with Crippen LogP contribution in [0, 0.1) is 17.7 Å². The number of nitrogens with zero attached hydrogens (tertiary/aromatic N) is 5. The van der Waals surface area contributed by atoms with E-state index in [1.807, 2.05) is 16.9 Å². The summed E-state index contributed by atoms with van der Waals surface area (Å²) >= 11 is 0. The molecular weight excluding hydrogens is 529 g/mol. The van der Waals surface area contributed by atoms with Crippen LogP contribution in [0.25, 0.3) is 11.1 Å². The maximum atomic E-state index is 15.7. The van der Waals surface area contributed by atoms with Crippen molar-refractivity contribution in [1.29, 1.82) is 0 Å². The molecule has 2 aromatic carbocycles. The number of phenols is 1. The Morgan fingerprint density at radius 2 is 2.00 bits per heavy atom. The molecule has 3 aliphatic rings. The molecule has 1 aliphatic carbocycles. The number of ether oxygens (including phenoxy) is 1. The lowest BCUT2D eigenvalue weighted by Crippen LogP contribution is -2.50. The molecule has 7 nitrogen and oxygen atoms in total. The van der Waals surface area contributed by atoms with Gasteiger partial charge in [-0.1, -0.05) is 40.3 Å². The number of phenolic OH excluding ortho intramolecular Hbond substituents is 1. The lowest BCUT2D eigenvalue weighted by atomic mass is 9.68. The zero-order chi connectivity index (χ0) is 29.7. The summed E-state index contributed by atoms with van der Waals surface area (Å²) in [5, 5.41) is 15.5. The van der Waals surface area contributed by atoms with Gasteiger partial charge in [0, 0.05) is 36.1 Å². The van der Waals surface area contributed by atoms with Crippen molar-refractivity contribution in [3.63, 3.8) is 0 Å². The maximum absolute atomic E-state index is 15.7. The van der Waals surface area contributed by atoms with Crippen LogP contribution in [0.2, 0.25) is 0 Å². The molecule has 2 aliphatic heterocycles. The van der Waals surface area contributed by atoms with Crippen molar-refractivity contribution in [2.45, 2.75) is 78.4 Å². The lowest BCUT2D eigenvalue weighted by Gasteiger charge is -2.46. The van der Waals surface area contributed by atoms with E-state index >= 15 is 4.39 Å². The highest BCUT2D eigenvalue weighted by atomic mass is 19.1. The molecule has 0 bridgehead atoms. The molecule has 1 fully saturated rings. The number of hydrogen-bond acceptors (Lipinski definition) is 6. The second-order valence-electron chi connectivity index (χ2n) is 12.6. The predicted octanol–water partition coefficient (Wildman–Crippen LogP) is 7.16. The molecule has 42 heavy (non-hydrogen) atoms. The average molecular weight is 572 g/mol. The van der Waals surface area contributed by atoms with Crippen LogP contribution in [0.3, 0.4) is 0 Å². The van der Waals surface area contributed by atoms with Gasteiger partial charge in [-0.25, -0.2) is 9.38 Å². The number of benzene rings is 2. The zero-order valence-corrected chi connectivity index (χ0v) is 25.3. The number of anilines is 1. The number of halogens is 1. The first kappa shape index (κ1) is 28.3. The van der Waals surface area contributed by atoms with Crippen LogP contribution < -0.4 is 9.64 Å². The molecule has 3 heterocycles. The van der Waals surface area contributed by atoms with Crippen molar-refractivity contribution >= 4 is 11.5 Å². The van der Waals surface area contributed by atoms with E-state index in [-0.39, 0.29) is 29.3 Å². The zero-order valence-electron chi connectivity index (χ0n) is 25.3. The number of rotatable bonds is 8. The van der Waals surface area contributed by atoms with Gasteiger partial charge < -0.3 is 19.6 Å². The second-order valence-corrected chi connectivity index (χ2v) is 12.6. The van der Waals surface area contributed by atoms with E-state index in [0.29, 0.717) is 42.1 Å². The summed E-state index contributed by atoms with van der Waals surface area (Å²) in [7, 11) is 0. The summed E-state index contributed by atoms with van der Waals surface area (Å²) in [5.41, 5.74) is 3.69. The standard InChI is InChI=1S/C34H42FN5O2/c1-7-22(5)39(17-20(2)3)34-27-16-26(25-13-12-21(25)4)30(31-28(35)10-8-11-29(31)41)33-32(27)40(23(6)37-34)24(19-42-33)18-38-15-9-14-36-38/h8-11,14-16,20-22,24-25,41H,6-7,12-13,17-19H2,1-5H3/t21?,22-,24+,25?/m0/s1. The van der Waals surface area contributed by atoms with Crippen LogP contribution in [0.4, 0.5) is 10.1 Å². The minimum Gasteiger partial charge on any atom is -0.507 e. The fraction of sp³-hybridized carbons (Fsp3) is 0.471. The molecule has 4 atom stereocenters. The Labute approximate surface area is 248 Å². The molecule has 1 aromatic heterocycles. The summed E-state index contributed by atoms with van der Waals surface area (Å²) in [6.45, 7) is 17.4. The molecule has 0 amide bonds. The number of hydrogen-bond donors (Lipinski definition) is 1. The minimum atomic E-state index is -0.460. The highest BCUT2D eigenvalue weighted by molar-refractivity contribution is 6.10. The average Bonchev–Trinajstić information content (AvgIpc) is 3.46. The van der Waals surface area contributed by atoms with Gasteiger partial charge in [-0.05, 0) is 73.8 Å². The normalized spacial score (nSPS) is 21.9. The van der Waals surface area contributed by atoms with Gasteiger partial charge in [0.25, 0.3) is 0 Å². The van der Waals surface area contributed by atoms with Gasteiger partial charge in [-0.2, -0.15) is 5.10 Å². The lowest BCUT2D eigenvalue weighted by molar-refractivity contribution is 0.246. The number of aromatic hydroxyl groups is 1. The monoisotopic (exact) mass is 571 g/mol. The van der Waals surface area contributed by atoms with Crippen LogP contribution in [-0.2, 0) is 6.54 Å². The molecule has 2 unspecified atom stereocenters. The van der Waals surface area contributed by atoms with Crippen LogP contribution in [0.5, 0.6) is 11.5 Å². The van der Waals surface area contributed by atoms with Gasteiger partial charge >= 0.3 is 0 Å². The molecule has 0 saturated heterocycles. The molecule has 0 radical (unpaired) electrons. The Morgan fingerprint density at radius 3 is 2.62 bits per heavy atom. The quantitative estimate of drug-likeness (QED) is 0.311. The van der Waals surface area contributed by atoms with Gasteiger partial charge in [0.1, 0.15) is 29.8 Å². The van der Waals surface area contributed by atoms with Gasteiger partial charge in [0.2, 0.25) is 0 Å².